The van der Waals surface area contributed by atoms with Crippen molar-refractivity contribution in [3.63, 3.8) is 0 Å². The number of nitrogens with one attached hydrogen (secondary N) is 2. The van der Waals surface area contributed by atoms with Gasteiger partial charge < -0.3 is 15.4 Å². The number of aromatic nitrogens is 4. The summed E-state index contributed by atoms with van der Waals surface area (Å²) in [6.07, 6.45) is 3.04. The highest BCUT2D eigenvalue weighted by atomic mass is 32.1. The average Bonchev–Trinajstić information content (AvgIpc) is 3.43. The first-order valence-corrected chi connectivity index (χ1v) is 11.2. The summed E-state index contributed by atoms with van der Waals surface area (Å²) < 4.78 is 6.91. The number of rotatable bonds is 5. The predicted molar refractivity (Wildman–Crippen MR) is 120 cm³/mol. The van der Waals surface area contributed by atoms with E-state index in [4.69, 9.17) is 4.74 Å². The van der Waals surface area contributed by atoms with Gasteiger partial charge in [0.05, 0.1) is 17.3 Å². The molecule has 0 aliphatic heterocycles. The number of alkyl carbamates (subject to hydrolysis) is 1. The Hall–Kier alpha value is -3.31. The monoisotopic (exact) mass is 456 g/mol. The van der Waals surface area contributed by atoms with Gasteiger partial charge in [0.15, 0.2) is 5.13 Å². The van der Waals surface area contributed by atoms with Crippen molar-refractivity contribution in [2.75, 3.05) is 11.9 Å². The van der Waals surface area contributed by atoms with E-state index < -0.39 is 17.6 Å². The molecule has 0 saturated heterocycles. The minimum Gasteiger partial charge on any atom is -0.444 e. The zero-order valence-corrected chi connectivity index (χ0v) is 18.7. The fourth-order valence-electron chi connectivity index (χ4n) is 2.69. The van der Waals surface area contributed by atoms with Crippen LogP contribution in [-0.4, -0.2) is 43.7 Å². The number of hydrogen-bond acceptors (Lipinski definition) is 8. The fourth-order valence-corrected chi connectivity index (χ4v) is 4.25. The zero-order valence-electron chi connectivity index (χ0n) is 17.1. The van der Waals surface area contributed by atoms with Crippen molar-refractivity contribution in [1.82, 2.24) is 24.9 Å². The van der Waals surface area contributed by atoms with Crippen LogP contribution in [0.15, 0.2) is 41.4 Å². The molecular weight excluding hydrogens is 436 g/mol. The Balaban J connectivity index is 1.39. The molecule has 0 unspecified atom stereocenters. The molecule has 4 rings (SSSR count). The molecule has 31 heavy (non-hydrogen) atoms. The van der Waals surface area contributed by atoms with Gasteiger partial charge in [0.2, 0.25) is 5.91 Å². The number of pyridine rings is 1. The lowest BCUT2D eigenvalue weighted by molar-refractivity contribution is -0.115. The van der Waals surface area contributed by atoms with E-state index in [0.29, 0.717) is 10.8 Å². The first-order chi connectivity index (χ1) is 14.8. The van der Waals surface area contributed by atoms with Crippen LogP contribution in [0.1, 0.15) is 20.8 Å². The number of ether oxygens (including phenoxy) is 1. The normalized spacial score (nSPS) is 11.5. The summed E-state index contributed by atoms with van der Waals surface area (Å²) in [4.78, 5) is 32.8. The van der Waals surface area contributed by atoms with Gasteiger partial charge in [-0.3, -0.25) is 4.79 Å². The Bertz CT molecular complexity index is 1240. The number of carbonyl (C=O) groups is 2. The second-order valence-corrected chi connectivity index (χ2v) is 9.28. The number of carbonyl (C=O) groups excluding carboxylic acids is 2. The molecule has 2 N–H and O–H groups in total. The van der Waals surface area contributed by atoms with Crippen LogP contribution in [0, 0.1) is 0 Å². The fraction of sp³-hybridized carbons (Fsp3) is 0.250. The van der Waals surface area contributed by atoms with E-state index in [1.807, 2.05) is 35.2 Å². The lowest BCUT2D eigenvalue weighted by atomic mass is 10.2. The average molecular weight is 457 g/mol. The smallest absolute Gasteiger partial charge is 0.408 e. The van der Waals surface area contributed by atoms with Crippen molar-refractivity contribution in [3.05, 3.63) is 41.4 Å². The molecule has 0 radical (unpaired) electrons. The number of thiazole rings is 2. The van der Waals surface area contributed by atoms with Gasteiger partial charge in [-0.25, -0.2) is 19.3 Å². The molecule has 4 heterocycles. The highest BCUT2D eigenvalue weighted by molar-refractivity contribution is 7.14. The van der Waals surface area contributed by atoms with Crippen molar-refractivity contribution in [1.29, 1.82) is 0 Å². The standard InChI is InChI=1S/C20H20N6O3S2/c1-20(2,3)29-19(28)21-9-16(27)25-18-24-14(11-31-18)13-10-30-17(23-13)12-8-22-26-7-5-4-6-15(12)26/h4-8,10-11H,9H2,1-3H3,(H,21,28)(H,24,25,27). The molecule has 160 valence electrons. The molecule has 0 bridgehead atoms. The van der Waals surface area contributed by atoms with Gasteiger partial charge in [0.1, 0.15) is 28.5 Å². The summed E-state index contributed by atoms with van der Waals surface area (Å²) in [5.41, 5.74) is 2.69. The summed E-state index contributed by atoms with van der Waals surface area (Å²) in [5, 5.41) is 14.5. The van der Waals surface area contributed by atoms with Gasteiger partial charge >= 0.3 is 6.09 Å². The van der Waals surface area contributed by atoms with Gasteiger partial charge in [-0.2, -0.15) is 5.10 Å². The van der Waals surface area contributed by atoms with E-state index in [1.165, 1.54) is 22.7 Å². The molecule has 0 saturated carbocycles. The molecule has 4 aromatic rings. The van der Waals surface area contributed by atoms with Crippen LogP contribution in [0.4, 0.5) is 9.93 Å². The second-order valence-electron chi connectivity index (χ2n) is 7.57. The lowest BCUT2D eigenvalue weighted by Gasteiger charge is -2.19. The molecule has 0 fully saturated rings. The molecule has 0 atom stereocenters. The Morgan fingerprint density at radius 2 is 1.90 bits per heavy atom. The largest absolute Gasteiger partial charge is 0.444 e. The molecule has 4 aromatic heterocycles. The lowest BCUT2D eigenvalue weighted by Crippen LogP contribution is -2.37. The maximum atomic E-state index is 12.1. The molecule has 2 amide bonds. The predicted octanol–water partition coefficient (Wildman–Crippen LogP) is 4.04. The van der Waals surface area contributed by atoms with Crippen molar-refractivity contribution in [2.24, 2.45) is 0 Å². The highest BCUT2D eigenvalue weighted by Crippen LogP contribution is 2.32. The molecule has 0 aliphatic carbocycles. The van der Waals surface area contributed by atoms with E-state index in [0.717, 1.165) is 21.8 Å². The van der Waals surface area contributed by atoms with Crippen molar-refractivity contribution >= 4 is 45.3 Å². The quantitative estimate of drug-likeness (QED) is 0.469. The molecule has 0 aromatic carbocycles. The van der Waals surface area contributed by atoms with Gasteiger partial charge in [-0.1, -0.05) is 6.07 Å². The second kappa shape index (κ2) is 8.44. The van der Waals surface area contributed by atoms with Crippen LogP contribution in [0.5, 0.6) is 0 Å². The highest BCUT2D eigenvalue weighted by Gasteiger charge is 2.17. The minimum absolute atomic E-state index is 0.209. The van der Waals surface area contributed by atoms with Crippen LogP contribution in [0.2, 0.25) is 0 Å². The summed E-state index contributed by atoms with van der Waals surface area (Å²) in [6, 6.07) is 5.87. The van der Waals surface area contributed by atoms with Crippen LogP contribution >= 0.6 is 22.7 Å². The minimum atomic E-state index is -0.648. The molecular formula is C20H20N6O3S2. The number of nitrogens with zero attached hydrogens (tertiary/aromatic N) is 4. The maximum Gasteiger partial charge on any atom is 0.408 e. The number of fused-ring (bicyclic) bond motifs is 1. The third-order valence-electron chi connectivity index (χ3n) is 3.97. The summed E-state index contributed by atoms with van der Waals surface area (Å²) in [5.74, 6) is -0.392. The summed E-state index contributed by atoms with van der Waals surface area (Å²) in [7, 11) is 0. The van der Waals surface area contributed by atoms with Crippen LogP contribution < -0.4 is 10.6 Å². The molecule has 0 spiro atoms. The Labute approximate surface area is 186 Å². The van der Waals surface area contributed by atoms with E-state index in [2.05, 4.69) is 25.7 Å². The van der Waals surface area contributed by atoms with E-state index in [9.17, 15) is 9.59 Å². The number of amides is 2. The van der Waals surface area contributed by atoms with Gasteiger partial charge in [-0.15, -0.1) is 22.7 Å². The third-order valence-corrected chi connectivity index (χ3v) is 5.60. The van der Waals surface area contributed by atoms with Crippen LogP contribution in [0.25, 0.3) is 27.5 Å². The van der Waals surface area contributed by atoms with Crippen molar-refractivity contribution in [2.45, 2.75) is 26.4 Å². The number of hydrogen-bond donors (Lipinski definition) is 2. The SMILES string of the molecule is CC(C)(C)OC(=O)NCC(=O)Nc1nc(-c2csc(-c3cnn4ccccc34)n2)cs1. The van der Waals surface area contributed by atoms with Crippen LogP contribution in [-0.2, 0) is 9.53 Å². The van der Waals surface area contributed by atoms with Crippen molar-refractivity contribution in [3.8, 4) is 22.0 Å². The van der Waals surface area contributed by atoms with E-state index >= 15 is 0 Å². The molecule has 9 nitrogen and oxygen atoms in total. The first kappa shape index (κ1) is 20.9. The van der Waals surface area contributed by atoms with E-state index in [-0.39, 0.29) is 6.54 Å². The third kappa shape index (κ3) is 5.06. The van der Waals surface area contributed by atoms with Gasteiger partial charge in [0.25, 0.3) is 0 Å². The Kier molecular flexibility index (Phi) is 5.70. The summed E-state index contributed by atoms with van der Waals surface area (Å²) in [6.45, 7) is 5.05. The van der Waals surface area contributed by atoms with Crippen molar-refractivity contribution < 1.29 is 14.3 Å². The maximum absolute atomic E-state index is 12.1. The molecule has 11 heteroatoms. The summed E-state index contributed by atoms with van der Waals surface area (Å²) >= 11 is 2.79. The molecule has 0 aliphatic rings. The van der Waals surface area contributed by atoms with Crippen LogP contribution in [0.3, 0.4) is 0 Å². The Morgan fingerprint density at radius 1 is 1.13 bits per heavy atom. The van der Waals surface area contributed by atoms with Gasteiger partial charge in [-0.05, 0) is 32.9 Å². The Morgan fingerprint density at radius 3 is 2.71 bits per heavy atom. The first-order valence-electron chi connectivity index (χ1n) is 9.39. The van der Waals surface area contributed by atoms with Gasteiger partial charge in [0, 0.05) is 17.0 Å². The topological polar surface area (TPSA) is 111 Å². The zero-order chi connectivity index (χ0) is 22.0. The van der Waals surface area contributed by atoms with E-state index in [1.54, 1.807) is 31.5 Å². The number of anilines is 1.